The first-order chi connectivity index (χ1) is 10.5. The minimum absolute atomic E-state index is 0.292. The molecule has 0 atom stereocenters. The number of aliphatic hydroxyl groups excluding tert-OH is 1. The molecule has 22 heavy (non-hydrogen) atoms. The van der Waals surface area contributed by atoms with Gasteiger partial charge in [-0.2, -0.15) is 0 Å². The van der Waals surface area contributed by atoms with Crippen LogP contribution in [0.4, 0.5) is 0 Å². The topological polar surface area (TPSA) is 29.5 Å². The Morgan fingerprint density at radius 1 is 1.09 bits per heavy atom. The van der Waals surface area contributed by atoms with E-state index in [0.29, 0.717) is 6.61 Å². The van der Waals surface area contributed by atoms with Crippen molar-refractivity contribution in [1.29, 1.82) is 0 Å². The summed E-state index contributed by atoms with van der Waals surface area (Å²) in [4.78, 5) is 0. The van der Waals surface area contributed by atoms with Crippen LogP contribution in [0, 0.1) is 11.5 Å². The van der Waals surface area contributed by atoms with Gasteiger partial charge in [-0.25, -0.2) is 0 Å². The number of hydrogen-bond donors (Lipinski definition) is 1. The molecule has 0 aromatic heterocycles. The average molecular weight is 319 g/mol. The van der Waals surface area contributed by atoms with Crippen molar-refractivity contribution in [3.8, 4) is 17.2 Å². The molecule has 1 aromatic rings. The van der Waals surface area contributed by atoms with E-state index in [-0.39, 0.29) is 0 Å². The van der Waals surface area contributed by atoms with Crippen LogP contribution in [0.2, 0.25) is 19.6 Å². The number of aryl methyl sites for hydroxylation is 1. The maximum Gasteiger partial charge on any atom is 0.129 e. The zero-order valence-electron chi connectivity index (χ0n) is 14.5. The first kappa shape index (κ1) is 18.8. The van der Waals surface area contributed by atoms with Gasteiger partial charge in [0.25, 0.3) is 0 Å². The van der Waals surface area contributed by atoms with Crippen molar-refractivity contribution in [3.63, 3.8) is 0 Å². The summed E-state index contributed by atoms with van der Waals surface area (Å²) in [7, 11) is -1.34. The Kier molecular flexibility index (Phi) is 8.30. The summed E-state index contributed by atoms with van der Waals surface area (Å²) in [5.41, 5.74) is 5.84. The largest absolute Gasteiger partial charge is 0.494 e. The number of rotatable bonds is 8. The summed E-state index contributed by atoms with van der Waals surface area (Å²) in [6, 6.07) is 6.25. The summed E-state index contributed by atoms with van der Waals surface area (Å²) < 4.78 is 5.83. The van der Waals surface area contributed by atoms with Gasteiger partial charge in [0.2, 0.25) is 0 Å². The van der Waals surface area contributed by atoms with Crippen molar-refractivity contribution >= 4 is 8.07 Å². The van der Waals surface area contributed by atoms with Crippen LogP contribution in [0.1, 0.15) is 43.7 Å². The van der Waals surface area contributed by atoms with Gasteiger partial charge >= 0.3 is 0 Å². The Labute approximate surface area is 136 Å². The minimum Gasteiger partial charge on any atom is -0.494 e. The second kappa shape index (κ2) is 9.71. The van der Waals surface area contributed by atoms with E-state index in [2.05, 4.69) is 50.2 Å². The van der Waals surface area contributed by atoms with Crippen LogP contribution >= 0.6 is 0 Å². The van der Waals surface area contributed by atoms with Gasteiger partial charge in [0, 0.05) is 12.2 Å². The van der Waals surface area contributed by atoms with Gasteiger partial charge in [-0.1, -0.05) is 38.9 Å². The third-order valence-corrected chi connectivity index (χ3v) is 4.23. The Balaban J connectivity index is 2.58. The van der Waals surface area contributed by atoms with Gasteiger partial charge in [0.05, 0.1) is 6.61 Å². The van der Waals surface area contributed by atoms with Crippen LogP contribution in [-0.2, 0) is 6.42 Å². The molecule has 0 saturated carbocycles. The smallest absolute Gasteiger partial charge is 0.129 e. The molecule has 1 rings (SSSR count). The molecule has 122 valence electrons. The first-order valence-electron chi connectivity index (χ1n) is 8.36. The fourth-order valence-corrected chi connectivity index (χ4v) is 2.60. The highest BCUT2D eigenvalue weighted by molar-refractivity contribution is 6.83. The summed E-state index contributed by atoms with van der Waals surface area (Å²) in [6.45, 7) is 9.99. The minimum atomic E-state index is -1.34. The third kappa shape index (κ3) is 7.68. The number of unbranched alkanes of at least 4 members (excludes halogenated alkanes) is 3. The van der Waals surface area contributed by atoms with Gasteiger partial charge < -0.3 is 9.84 Å². The summed E-state index contributed by atoms with van der Waals surface area (Å²) in [5.74, 6) is 4.30. The van der Waals surface area contributed by atoms with Gasteiger partial charge in [-0.15, -0.1) is 5.54 Å². The van der Waals surface area contributed by atoms with E-state index in [1.54, 1.807) is 0 Å². The van der Waals surface area contributed by atoms with Gasteiger partial charge in [0.15, 0.2) is 0 Å². The molecular weight excluding hydrogens is 288 g/mol. The second-order valence-electron chi connectivity index (χ2n) is 6.66. The predicted octanol–water partition coefficient (Wildman–Crippen LogP) is 4.41. The van der Waals surface area contributed by atoms with E-state index in [9.17, 15) is 0 Å². The van der Waals surface area contributed by atoms with E-state index in [0.717, 1.165) is 50.0 Å². The number of benzene rings is 1. The molecular formula is C19H30O2Si. The Hall–Kier alpha value is -1.24. The molecule has 1 aromatic carbocycles. The van der Waals surface area contributed by atoms with Gasteiger partial charge in [0.1, 0.15) is 13.8 Å². The zero-order chi connectivity index (χ0) is 16.4. The molecule has 0 radical (unpaired) electrons. The van der Waals surface area contributed by atoms with E-state index < -0.39 is 8.07 Å². The van der Waals surface area contributed by atoms with Crippen LogP contribution in [0.5, 0.6) is 5.75 Å². The molecule has 1 N–H and O–H groups in total. The molecule has 0 bridgehead atoms. The molecule has 0 spiro atoms. The van der Waals surface area contributed by atoms with Gasteiger partial charge in [-0.3, -0.25) is 0 Å². The number of hydrogen-bond acceptors (Lipinski definition) is 2. The standard InChI is InChI=1S/C19H30O2Si/c1-5-17-16-19(21-14-9-7-6-8-13-20)11-10-18(17)12-15-22(2,3)4/h10-11,16,20H,5-9,13-14H2,1-4H3. The predicted molar refractivity (Wildman–Crippen MR) is 97.1 cm³/mol. The first-order valence-corrected chi connectivity index (χ1v) is 11.9. The van der Waals surface area contributed by atoms with Crippen LogP contribution in [0.3, 0.4) is 0 Å². The highest BCUT2D eigenvalue weighted by Gasteiger charge is 2.08. The fraction of sp³-hybridized carbons (Fsp3) is 0.579. The van der Waals surface area contributed by atoms with Crippen LogP contribution in [0.25, 0.3) is 0 Å². The quantitative estimate of drug-likeness (QED) is 0.437. The molecule has 0 aliphatic carbocycles. The third-order valence-electron chi connectivity index (χ3n) is 3.35. The Bertz CT molecular complexity index is 506. The Morgan fingerprint density at radius 3 is 2.45 bits per heavy atom. The van der Waals surface area contributed by atoms with Crippen molar-refractivity contribution in [1.82, 2.24) is 0 Å². The molecule has 0 saturated heterocycles. The van der Waals surface area contributed by atoms with Crippen LogP contribution in [0.15, 0.2) is 18.2 Å². The molecule has 0 aliphatic rings. The summed E-state index contributed by atoms with van der Waals surface area (Å²) >= 11 is 0. The lowest BCUT2D eigenvalue weighted by atomic mass is 10.1. The maximum atomic E-state index is 8.74. The van der Waals surface area contributed by atoms with Crippen LogP contribution in [-0.4, -0.2) is 26.4 Å². The van der Waals surface area contributed by atoms with Crippen molar-refractivity contribution < 1.29 is 9.84 Å². The maximum absolute atomic E-state index is 8.74. The van der Waals surface area contributed by atoms with Crippen molar-refractivity contribution in [3.05, 3.63) is 29.3 Å². The zero-order valence-corrected chi connectivity index (χ0v) is 15.5. The average Bonchev–Trinajstić information content (AvgIpc) is 2.48. The molecule has 2 nitrogen and oxygen atoms in total. The summed E-state index contributed by atoms with van der Waals surface area (Å²) in [6.07, 6.45) is 5.10. The monoisotopic (exact) mass is 318 g/mol. The van der Waals surface area contributed by atoms with Crippen molar-refractivity contribution in [2.75, 3.05) is 13.2 Å². The molecule has 0 unspecified atom stereocenters. The molecule has 0 amide bonds. The van der Waals surface area contributed by atoms with E-state index >= 15 is 0 Å². The van der Waals surface area contributed by atoms with Crippen molar-refractivity contribution in [2.45, 2.75) is 58.7 Å². The van der Waals surface area contributed by atoms with Crippen LogP contribution < -0.4 is 4.74 Å². The highest BCUT2D eigenvalue weighted by Crippen LogP contribution is 2.19. The Morgan fingerprint density at radius 2 is 1.82 bits per heavy atom. The lowest BCUT2D eigenvalue weighted by molar-refractivity contribution is 0.273. The summed E-state index contributed by atoms with van der Waals surface area (Å²) in [5, 5.41) is 8.74. The van der Waals surface area contributed by atoms with Crippen molar-refractivity contribution in [2.24, 2.45) is 0 Å². The second-order valence-corrected chi connectivity index (χ2v) is 11.4. The lowest BCUT2D eigenvalue weighted by Gasteiger charge is -2.10. The normalized spacial score (nSPS) is 11.0. The number of aliphatic hydroxyl groups is 1. The fourth-order valence-electron chi connectivity index (χ4n) is 2.09. The van der Waals surface area contributed by atoms with E-state index in [1.807, 2.05) is 6.07 Å². The molecule has 3 heteroatoms. The molecule has 0 aliphatic heterocycles. The van der Waals surface area contributed by atoms with E-state index in [1.165, 1.54) is 5.56 Å². The molecule has 0 heterocycles. The van der Waals surface area contributed by atoms with Gasteiger partial charge in [-0.05, 0) is 49.4 Å². The lowest BCUT2D eigenvalue weighted by Crippen LogP contribution is -2.16. The number of ether oxygens (including phenoxy) is 1. The highest BCUT2D eigenvalue weighted by atomic mass is 28.3. The molecule has 0 fully saturated rings. The SMILES string of the molecule is CCc1cc(OCCCCCCO)ccc1C#C[Si](C)(C)C. The van der Waals surface area contributed by atoms with E-state index in [4.69, 9.17) is 9.84 Å².